The molecule has 6 aliphatic rings. The van der Waals surface area contributed by atoms with Crippen LogP contribution in [0.15, 0.2) is 71.5 Å². The second kappa shape index (κ2) is 11.7. The highest BCUT2D eigenvalue weighted by atomic mass is 19.1. The first-order chi connectivity index (χ1) is 23.6. The molecule has 1 spiro atoms. The van der Waals surface area contributed by atoms with E-state index in [-0.39, 0.29) is 23.5 Å². The van der Waals surface area contributed by atoms with Crippen LogP contribution in [-0.2, 0) is 38.1 Å². The third-order valence-corrected chi connectivity index (χ3v) is 13.0. The molecule has 1 aromatic rings. The van der Waals surface area contributed by atoms with Gasteiger partial charge in [-0.2, -0.15) is 0 Å². The fourth-order valence-electron chi connectivity index (χ4n) is 10.2. The van der Waals surface area contributed by atoms with Crippen molar-refractivity contribution in [3.63, 3.8) is 0 Å². The van der Waals surface area contributed by atoms with Gasteiger partial charge in [0.05, 0.1) is 11.5 Å². The van der Waals surface area contributed by atoms with Gasteiger partial charge in [0.15, 0.2) is 11.9 Å². The average Bonchev–Trinajstić information content (AvgIpc) is 3.76. The molecule has 0 amide bonds. The van der Waals surface area contributed by atoms with Crippen molar-refractivity contribution >= 4 is 29.4 Å². The van der Waals surface area contributed by atoms with Gasteiger partial charge in [-0.05, 0) is 94.4 Å². The predicted octanol–water partition coefficient (Wildman–Crippen LogP) is 5.27. The molecule has 0 unspecified atom stereocenters. The maximum absolute atomic E-state index is 14.0. The van der Waals surface area contributed by atoms with Crippen LogP contribution in [-0.4, -0.2) is 64.4 Å². The Hall–Kier alpha value is -4.09. The molecule has 1 saturated heterocycles. The summed E-state index contributed by atoms with van der Waals surface area (Å²) >= 11 is 0. The molecule has 2 aliphatic heterocycles. The van der Waals surface area contributed by atoms with Crippen molar-refractivity contribution in [1.82, 2.24) is 0 Å². The summed E-state index contributed by atoms with van der Waals surface area (Å²) in [5.74, 6) is -3.27. The zero-order valence-electron chi connectivity index (χ0n) is 29.2. The monoisotopic (exact) mass is 689 g/mol. The summed E-state index contributed by atoms with van der Waals surface area (Å²) in [6, 6.07) is 5.67. The second-order valence-electron chi connectivity index (χ2n) is 15.3. The van der Waals surface area contributed by atoms with Crippen LogP contribution in [0.2, 0.25) is 0 Å². The quantitative estimate of drug-likeness (QED) is 0.128. The Morgan fingerprint density at radius 2 is 1.82 bits per heavy atom. The molecule has 1 aromatic carbocycles. The Morgan fingerprint density at radius 1 is 1.10 bits per heavy atom. The molecule has 0 bridgehead atoms. The van der Waals surface area contributed by atoms with E-state index in [1.807, 2.05) is 33.8 Å². The number of benzene rings is 1. The molecular weight excluding hydrogens is 645 g/mol. The number of allylic oxidation sites excluding steroid dienone is 1. The van der Waals surface area contributed by atoms with Crippen molar-refractivity contribution in [3.8, 4) is 0 Å². The van der Waals surface area contributed by atoms with E-state index in [2.05, 4.69) is 5.32 Å². The number of ketones is 1. The number of cyclic esters (lactones) is 1. The van der Waals surface area contributed by atoms with Gasteiger partial charge in [0.1, 0.15) is 29.2 Å². The number of carbonyl (C=O) groups excluding carboxylic acids is 4. The number of halogens is 1. The zero-order chi connectivity index (χ0) is 36.0. The van der Waals surface area contributed by atoms with E-state index in [9.17, 15) is 28.7 Å². The van der Waals surface area contributed by atoms with Crippen LogP contribution in [0.1, 0.15) is 67.2 Å². The van der Waals surface area contributed by atoms with Gasteiger partial charge >= 0.3 is 17.9 Å². The van der Waals surface area contributed by atoms with Gasteiger partial charge in [0.2, 0.25) is 0 Å². The lowest BCUT2D eigenvalue weighted by Crippen LogP contribution is -2.70. The van der Waals surface area contributed by atoms with Gasteiger partial charge in [-0.25, -0.2) is 14.0 Å². The lowest BCUT2D eigenvalue weighted by molar-refractivity contribution is -0.225. The maximum atomic E-state index is 14.0. The van der Waals surface area contributed by atoms with Gasteiger partial charge in [0, 0.05) is 48.2 Å². The predicted molar refractivity (Wildman–Crippen MR) is 178 cm³/mol. The van der Waals surface area contributed by atoms with E-state index in [4.69, 9.17) is 18.9 Å². The van der Waals surface area contributed by atoms with E-state index in [0.29, 0.717) is 36.9 Å². The number of esters is 3. The molecule has 266 valence electrons. The number of hydrogen-bond acceptors (Lipinski definition) is 10. The van der Waals surface area contributed by atoms with Crippen LogP contribution in [0, 0.1) is 34.4 Å². The number of ether oxygens (including phenoxy) is 4. The Morgan fingerprint density at radius 3 is 2.50 bits per heavy atom. The maximum Gasteiger partial charge on any atom is 0.333 e. The number of anilines is 1. The van der Waals surface area contributed by atoms with Crippen LogP contribution in [0.25, 0.3) is 0 Å². The molecule has 0 radical (unpaired) electrons. The lowest BCUT2D eigenvalue weighted by atomic mass is 9.42. The smallest absolute Gasteiger partial charge is 0.333 e. The number of hydrogen-bond donors (Lipinski definition) is 2. The van der Waals surface area contributed by atoms with E-state index in [0.717, 1.165) is 11.1 Å². The van der Waals surface area contributed by atoms with Crippen LogP contribution < -0.4 is 5.32 Å². The number of rotatable bonds is 7. The van der Waals surface area contributed by atoms with Gasteiger partial charge in [0.25, 0.3) is 0 Å². The topological polar surface area (TPSA) is 141 Å². The van der Waals surface area contributed by atoms with Crippen LogP contribution in [0.4, 0.5) is 10.1 Å². The summed E-state index contributed by atoms with van der Waals surface area (Å²) < 4.78 is 37.4. The average molecular weight is 690 g/mol. The largest absolute Gasteiger partial charge is 0.458 e. The van der Waals surface area contributed by atoms with E-state index < -0.39 is 70.2 Å². The number of epoxide rings is 1. The number of fused-ring (bicyclic) bond motifs is 4. The molecule has 11 atom stereocenters. The van der Waals surface area contributed by atoms with Crippen molar-refractivity contribution in [2.75, 3.05) is 5.32 Å². The van der Waals surface area contributed by atoms with Gasteiger partial charge in [-0.3, -0.25) is 9.59 Å². The minimum absolute atomic E-state index is 0.168. The number of carbonyl (C=O) groups is 4. The fraction of sp³-hybridized carbons (Fsp3) is 0.538. The third kappa shape index (κ3) is 4.79. The van der Waals surface area contributed by atoms with E-state index in [1.54, 1.807) is 13.0 Å². The Labute approximate surface area is 290 Å². The Kier molecular flexibility index (Phi) is 8.06. The summed E-state index contributed by atoms with van der Waals surface area (Å²) in [4.78, 5) is 52.3. The first-order valence-electron chi connectivity index (χ1n) is 17.4. The molecule has 2 heterocycles. The highest BCUT2D eigenvalue weighted by Crippen LogP contribution is 2.74. The van der Waals surface area contributed by atoms with Crippen molar-refractivity contribution in [1.29, 1.82) is 0 Å². The minimum Gasteiger partial charge on any atom is -0.458 e. The van der Waals surface area contributed by atoms with E-state index in [1.165, 1.54) is 49.5 Å². The van der Waals surface area contributed by atoms with Gasteiger partial charge in [-0.1, -0.05) is 25.0 Å². The molecule has 2 saturated carbocycles. The highest BCUT2D eigenvalue weighted by Gasteiger charge is 2.83. The first kappa shape index (κ1) is 34.4. The first-order valence-corrected chi connectivity index (χ1v) is 17.4. The third-order valence-electron chi connectivity index (χ3n) is 13.0. The van der Waals surface area contributed by atoms with Crippen LogP contribution in [0.3, 0.4) is 0 Å². The van der Waals surface area contributed by atoms with Crippen molar-refractivity contribution in [3.05, 3.63) is 77.3 Å². The summed E-state index contributed by atoms with van der Waals surface area (Å²) in [5, 5.41) is 16.0. The van der Waals surface area contributed by atoms with Crippen molar-refractivity contribution in [2.24, 2.45) is 28.6 Å². The Balaban J connectivity index is 1.17. The van der Waals surface area contributed by atoms with Crippen molar-refractivity contribution < 1.29 is 47.6 Å². The molecule has 50 heavy (non-hydrogen) atoms. The summed E-state index contributed by atoms with van der Waals surface area (Å²) in [5.41, 5.74) is -1.70. The molecule has 0 aromatic heterocycles. The highest BCUT2D eigenvalue weighted by molar-refractivity contribution is 5.98. The van der Waals surface area contributed by atoms with Crippen LogP contribution >= 0.6 is 0 Å². The van der Waals surface area contributed by atoms with E-state index >= 15 is 0 Å². The number of nitrogens with one attached hydrogen (secondary N) is 1. The second-order valence-corrected chi connectivity index (χ2v) is 15.3. The fourth-order valence-corrected chi connectivity index (χ4v) is 10.2. The SMILES string of the molecule is CC(=O)O[C@H]1C=C([C@H](C)[C@H]2CC(C)=C(C)C(=O)O2)[C@@]2(C)CC[C@H]3[C@@H](C[C@H]4O[C@]45[C@@H](OC(=O)/C=C/Nc4ccc(F)cc4)C=CC(=O)[C@]35C)[C@@]12O. The van der Waals surface area contributed by atoms with Gasteiger partial charge < -0.3 is 29.4 Å². The normalized spacial score (nSPS) is 40.5. The molecule has 7 rings (SSSR count). The summed E-state index contributed by atoms with van der Waals surface area (Å²) in [7, 11) is 0. The number of aliphatic hydroxyl groups is 1. The molecule has 4 aliphatic carbocycles. The molecular formula is C39H44FNO9. The summed E-state index contributed by atoms with van der Waals surface area (Å²) in [6.45, 7) is 10.8. The standard InChI is InChI=1S/C39H44FNO9/c1-20-17-29(48-35(45)21(20)2)22(3)27-18-32(47-23(4)42)38(46)28-19-33-39(50-33)31(49-34(44)14-16-41-25-9-7-24(40)8-10-25)12-11-30(43)37(39,6)26(28)13-15-36(27,38)5/h7-12,14,16,18,22,26,28-29,31-33,41,46H,13,15,17,19H2,1-6H3/b16-14+/t22-,26-,28+,29+,31-,32-,33+,36+,37-,38+,39+/m0/s1. The summed E-state index contributed by atoms with van der Waals surface area (Å²) in [6.07, 6.45) is 6.62. The van der Waals surface area contributed by atoms with Crippen LogP contribution in [0.5, 0.6) is 0 Å². The molecule has 11 heteroatoms. The molecule has 3 fully saturated rings. The minimum atomic E-state index is -1.59. The zero-order valence-corrected chi connectivity index (χ0v) is 29.2. The molecule has 2 N–H and O–H groups in total. The van der Waals surface area contributed by atoms with Gasteiger partial charge in [-0.15, -0.1) is 0 Å². The lowest BCUT2D eigenvalue weighted by Gasteiger charge is -2.61. The molecule has 10 nitrogen and oxygen atoms in total. The van der Waals surface area contributed by atoms with Crippen molar-refractivity contribution in [2.45, 2.75) is 103 Å². The Bertz CT molecular complexity index is 1780.